The van der Waals surface area contributed by atoms with E-state index >= 15 is 0 Å². The summed E-state index contributed by atoms with van der Waals surface area (Å²) in [6, 6.07) is 8.54. The van der Waals surface area contributed by atoms with Crippen molar-refractivity contribution in [3.8, 4) is 0 Å². The van der Waals surface area contributed by atoms with E-state index in [1.165, 1.54) is 4.90 Å². The summed E-state index contributed by atoms with van der Waals surface area (Å²) < 4.78 is 0. The molecule has 0 aromatic heterocycles. The molecule has 0 spiro atoms. The third kappa shape index (κ3) is 4.83. The summed E-state index contributed by atoms with van der Waals surface area (Å²) in [6.45, 7) is 5.89. The van der Waals surface area contributed by atoms with Gasteiger partial charge in [0.05, 0.1) is 6.54 Å². The van der Waals surface area contributed by atoms with Gasteiger partial charge in [-0.3, -0.25) is 9.69 Å². The molecule has 0 radical (unpaired) electrons. The zero-order chi connectivity index (χ0) is 15.1. The normalized spacial score (nSPS) is 16.3. The Morgan fingerprint density at radius 3 is 2.52 bits per heavy atom. The van der Waals surface area contributed by atoms with Crippen molar-refractivity contribution in [2.45, 2.75) is 37.1 Å². The zero-order valence-corrected chi connectivity index (χ0v) is 13.9. The lowest BCUT2D eigenvalue weighted by Gasteiger charge is -2.34. The predicted octanol–water partition coefficient (Wildman–Crippen LogP) is 3.06. The topological polar surface area (TPSA) is 32.3 Å². The second-order valence-electron chi connectivity index (χ2n) is 5.60. The minimum absolute atomic E-state index is 0.245. The third-order valence-corrected chi connectivity index (χ3v) is 4.84. The number of carbonyl (C=O) groups is 1. The highest BCUT2D eigenvalue weighted by Crippen LogP contribution is 2.17. The molecular formula is C17H26N2OS. The lowest BCUT2D eigenvalue weighted by molar-refractivity contribution is 0.0865. The highest BCUT2D eigenvalue weighted by molar-refractivity contribution is 7.98. The van der Waals surface area contributed by atoms with Crippen molar-refractivity contribution in [1.29, 1.82) is 0 Å². The predicted molar refractivity (Wildman–Crippen MR) is 90.3 cm³/mol. The van der Waals surface area contributed by atoms with Gasteiger partial charge in [0.15, 0.2) is 5.78 Å². The van der Waals surface area contributed by atoms with Gasteiger partial charge in [-0.2, -0.15) is 0 Å². The van der Waals surface area contributed by atoms with Crippen LogP contribution in [0.3, 0.4) is 0 Å². The summed E-state index contributed by atoms with van der Waals surface area (Å²) in [5.41, 5.74) is 0.836. The summed E-state index contributed by atoms with van der Waals surface area (Å²) in [5, 5.41) is 3.40. The number of nitrogens with zero attached hydrogens (tertiary/aromatic N) is 1. The Hall–Kier alpha value is -0.840. The number of hydrogen-bond acceptors (Lipinski definition) is 4. The van der Waals surface area contributed by atoms with Crippen LogP contribution in [0.2, 0.25) is 0 Å². The monoisotopic (exact) mass is 306 g/mol. The van der Waals surface area contributed by atoms with Crippen LogP contribution in [0.25, 0.3) is 0 Å². The lowest BCUT2D eigenvalue weighted by Crippen LogP contribution is -2.45. The molecule has 1 aromatic carbocycles. The molecule has 2 rings (SSSR count). The molecule has 0 bridgehead atoms. The Bertz CT molecular complexity index is 441. The van der Waals surface area contributed by atoms with Gasteiger partial charge in [0.1, 0.15) is 0 Å². The first kappa shape index (κ1) is 16.5. The first-order valence-corrected chi connectivity index (χ1v) is 9.09. The molecule has 0 amide bonds. The van der Waals surface area contributed by atoms with Gasteiger partial charge in [0.2, 0.25) is 0 Å². The fourth-order valence-corrected chi connectivity index (χ4v) is 3.31. The van der Waals surface area contributed by atoms with Crippen molar-refractivity contribution in [2.75, 3.05) is 32.4 Å². The van der Waals surface area contributed by atoms with E-state index in [-0.39, 0.29) is 5.78 Å². The number of thioether (sulfide) groups is 1. The maximum atomic E-state index is 12.5. The SMILES string of the molecule is CCCN(CC(=O)c1ccc(SC)cc1)C1CCNCC1. The molecule has 0 aliphatic carbocycles. The Morgan fingerprint density at radius 1 is 1.29 bits per heavy atom. The summed E-state index contributed by atoms with van der Waals surface area (Å²) in [7, 11) is 0. The van der Waals surface area contributed by atoms with E-state index in [2.05, 4.69) is 23.4 Å². The smallest absolute Gasteiger partial charge is 0.176 e. The van der Waals surface area contributed by atoms with Crippen molar-refractivity contribution in [3.05, 3.63) is 29.8 Å². The van der Waals surface area contributed by atoms with E-state index in [4.69, 9.17) is 0 Å². The first-order chi connectivity index (χ1) is 10.2. The van der Waals surface area contributed by atoms with Crippen LogP contribution in [0.15, 0.2) is 29.2 Å². The van der Waals surface area contributed by atoms with Crippen molar-refractivity contribution >= 4 is 17.5 Å². The molecule has 1 aliphatic rings. The molecule has 1 fully saturated rings. The summed E-state index contributed by atoms with van der Waals surface area (Å²) in [5.74, 6) is 0.245. The average molecular weight is 306 g/mol. The molecule has 1 saturated heterocycles. The van der Waals surface area contributed by atoms with Crippen LogP contribution in [-0.4, -0.2) is 49.2 Å². The quantitative estimate of drug-likeness (QED) is 0.620. The molecule has 1 heterocycles. The molecule has 1 aliphatic heterocycles. The van der Waals surface area contributed by atoms with Gasteiger partial charge >= 0.3 is 0 Å². The van der Waals surface area contributed by atoms with E-state index in [0.29, 0.717) is 12.6 Å². The van der Waals surface area contributed by atoms with Gasteiger partial charge in [-0.05, 0) is 57.3 Å². The molecule has 1 aromatic rings. The Balaban J connectivity index is 1.99. The van der Waals surface area contributed by atoms with Gasteiger partial charge in [-0.25, -0.2) is 0 Å². The summed E-state index contributed by atoms with van der Waals surface area (Å²) >= 11 is 1.71. The fraction of sp³-hybridized carbons (Fsp3) is 0.588. The van der Waals surface area contributed by atoms with Gasteiger partial charge in [0, 0.05) is 16.5 Å². The highest BCUT2D eigenvalue weighted by Gasteiger charge is 2.22. The van der Waals surface area contributed by atoms with Crippen LogP contribution >= 0.6 is 11.8 Å². The molecule has 4 heteroatoms. The Labute approximate surface area is 132 Å². The number of rotatable bonds is 7. The van der Waals surface area contributed by atoms with Crippen molar-refractivity contribution in [2.24, 2.45) is 0 Å². The molecule has 21 heavy (non-hydrogen) atoms. The number of Topliss-reactive ketones (excluding diaryl/α,β-unsaturated/α-hetero) is 1. The second-order valence-corrected chi connectivity index (χ2v) is 6.48. The average Bonchev–Trinajstić information content (AvgIpc) is 2.55. The maximum absolute atomic E-state index is 12.5. The second kappa shape index (κ2) is 8.57. The highest BCUT2D eigenvalue weighted by atomic mass is 32.2. The molecule has 0 unspecified atom stereocenters. The molecule has 3 nitrogen and oxygen atoms in total. The van der Waals surface area contributed by atoms with Gasteiger partial charge in [-0.1, -0.05) is 19.1 Å². The van der Waals surface area contributed by atoms with Crippen molar-refractivity contribution in [3.63, 3.8) is 0 Å². The first-order valence-electron chi connectivity index (χ1n) is 7.86. The number of carbonyl (C=O) groups excluding carboxylic acids is 1. The van der Waals surface area contributed by atoms with E-state index < -0.39 is 0 Å². The van der Waals surface area contributed by atoms with E-state index in [1.807, 2.05) is 24.3 Å². The number of ketones is 1. The van der Waals surface area contributed by atoms with Gasteiger partial charge < -0.3 is 5.32 Å². The molecule has 1 N–H and O–H groups in total. The minimum atomic E-state index is 0.245. The standard InChI is InChI=1S/C17H26N2OS/c1-3-12-19(15-8-10-18-11-9-15)13-17(20)14-4-6-16(21-2)7-5-14/h4-7,15,18H,3,8-13H2,1-2H3. The van der Waals surface area contributed by atoms with Crippen LogP contribution in [-0.2, 0) is 0 Å². The van der Waals surface area contributed by atoms with Gasteiger partial charge in [0.25, 0.3) is 0 Å². The van der Waals surface area contributed by atoms with Crippen molar-refractivity contribution < 1.29 is 4.79 Å². The van der Waals surface area contributed by atoms with E-state index in [1.54, 1.807) is 11.8 Å². The number of piperidine rings is 1. The molecule has 0 atom stereocenters. The van der Waals surface area contributed by atoms with Gasteiger partial charge in [-0.15, -0.1) is 11.8 Å². The van der Waals surface area contributed by atoms with Crippen LogP contribution < -0.4 is 5.32 Å². The van der Waals surface area contributed by atoms with Crippen LogP contribution in [0.1, 0.15) is 36.5 Å². The summed E-state index contributed by atoms with van der Waals surface area (Å²) in [6.07, 6.45) is 5.46. The molecule has 0 saturated carbocycles. The lowest BCUT2D eigenvalue weighted by atomic mass is 10.0. The van der Waals surface area contributed by atoms with E-state index in [0.717, 1.165) is 44.5 Å². The molecular weight excluding hydrogens is 280 g/mol. The number of hydrogen-bond donors (Lipinski definition) is 1. The van der Waals surface area contributed by atoms with Crippen LogP contribution in [0, 0.1) is 0 Å². The third-order valence-electron chi connectivity index (χ3n) is 4.09. The zero-order valence-electron chi connectivity index (χ0n) is 13.1. The number of nitrogens with one attached hydrogen (secondary N) is 1. The number of benzene rings is 1. The largest absolute Gasteiger partial charge is 0.317 e. The van der Waals surface area contributed by atoms with Crippen molar-refractivity contribution in [1.82, 2.24) is 10.2 Å². The Kier molecular flexibility index (Phi) is 6.74. The minimum Gasteiger partial charge on any atom is -0.317 e. The van der Waals surface area contributed by atoms with Crippen LogP contribution in [0.4, 0.5) is 0 Å². The van der Waals surface area contributed by atoms with Crippen LogP contribution in [0.5, 0.6) is 0 Å². The maximum Gasteiger partial charge on any atom is 0.176 e. The fourth-order valence-electron chi connectivity index (χ4n) is 2.90. The summed E-state index contributed by atoms with van der Waals surface area (Å²) in [4.78, 5) is 16.1. The molecule has 116 valence electrons. The van der Waals surface area contributed by atoms with E-state index in [9.17, 15) is 4.79 Å². The Morgan fingerprint density at radius 2 is 1.95 bits per heavy atom.